The summed E-state index contributed by atoms with van der Waals surface area (Å²) in [6, 6.07) is 0. The van der Waals surface area contributed by atoms with Gasteiger partial charge in [-0.25, -0.2) is 0 Å². The Morgan fingerprint density at radius 2 is 1.05 bits per heavy atom. The number of hydrogen-bond acceptors (Lipinski definition) is 4. The molecular weight excluding hydrogens is 315 g/mol. The third-order valence-electron chi connectivity index (χ3n) is 2.23. The fraction of sp³-hybridized carbons (Fsp3) is 0.600. The van der Waals surface area contributed by atoms with Crippen LogP contribution < -0.4 is 0 Å². The highest BCUT2D eigenvalue weighted by atomic mass is 35.5. The maximum atomic E-state index is 11.4. The second-order valence-electron chi connectivity index (χ2n) is 3.69. The monoisotopic (exact) mass is 328 g/mol. The third kappa shape index (κ3) is 7.15. The van der Waals surface area contributed by atoms with Gasteiger partial charge < -0.3 is 20.0 Å². The molecule has 0 bridgehead atoms. The molecule has 0 aromatic rings. The molecule has 0 aromatic carbocycles. The molecule has 0 unspecified atom stereocenters. The fourth-order valence-electron chi connectivity index (χ4n) is 1.32. The largest absolute Gasteiger partial charge is 0.480 e. The molecule has 0 aliphatic rings. The van der Waals surface area contributed by atoms with E-state index in [0.29, 0.717) is 0 Å². The summed E-state index contributed by atoms with van der Waals surface area (Å²) >= 11 is 10.7. The van der Waals surface area contributed by atoms with Crippen LogP contribution in [0, 0.1) is 0 Å². The molecule has 20 heavy (non-hydrogen) atoms. The molecule has 0 fully saturated rings. The van der Waals surface area contributed by atoms with E-state index in [1.807, 2.05) is 0 Å². The number of halogens is 2. The van der Waals surface area contributed by atoms with Crippen molar-refractivity contribution in [2.45, 2.75) is 0 Å². The number of nitrogens with zero attached hydrogens (tertiary/aromatic N) is 2. The van der Waals surface area contributed by atoms with Crippen LogP contribution in [0.5, 0.6) is 0 Å². The van der Waals surface area contributed by atoms with Gasteiger partial charge in [-0.15, -0.1) is 23.2 Å². The lowest BCUT2D eigenvalue weighted by Gasteiger charge is -2.25. The van der Waals surface area contributed by atoms with Crippen LogP contribution in [0.15, 0.2) is 0 Å². The normalized spacial score (nSPS) is 9.90. The molecule has 8 nitrogen and oxygen atoms in total. The van der Waals surface area contributed by atoms with E-state index in [2.05, 4.69) is 0 Å². The van der Waals surface area contributed by atoms with Crippen molar-refractivity contribution in [2.24, 2.45) is 0 Å². The van der Waals surface area contributed by atoms with Gasteiger partial charge in [0.25, 0.3) is 0 Å². The first-order valence-electron chi connectivity index (χ1n) is 5.42. The minimum absolute atomic E-state index is 0.145. The van der Waals surface area contributed by atoms with Crippen LogP contribution in [0.1, 0.15) is 0 Å². The van der Waals surface area contributed by atoms with Crippen LogP contribution in [-0.2, 0) is 19.2 Å². The minimum atomic E-state index is -1.24. The maximum Gasteiger partial charge on any atom is 0.323 e. The average molecular weight is 329 g/mol. The fourth-order valence-corrected chi connectivity index (χ4v) is 1.66. The Morgan fingerprint density at radius 1 is 0.750 bits per heavy atom. The zero-order valence-corrected chi connectivity index (χ0v) is 11.9. The molecular formula is C10H14Cl2N2O6. The van der Waals surface area contributed by atoms with Gasteiger partial charge >= 0.3 is 11.9 Å². The van der Waals surface area contributed by atoms with Gasteiger partial charge in [0.05, 0.1) is 0 Å². The summed E-state index contributed by atoms with van der Waals surface area (Å²) in [6.45, 7) is -1.45. The molecule has 0 atom stereocenters. The van der Waals surface area contributed by atoms with Crippen LogP contribution in [0.3, 0.4) is 0 Å². The number of alkyl halides is 2. The van der Waals surface area contributed by atoms with Crippen LogP contribution in [0.25, 0.3) is 0 Å². The molecule has 114 valence electrons. The summed E-state index contributed by atoms with van der Waals surface area (Å²) in [7, 11) is 0. The molecule has 2 amide bonds. The number of hydrogen-bond donors (Lipinski definition) is 2. The second-order valence-corrected chi connectivity index (χ2v) is 4.22. The number of rotatable bonds is 9. The van der Waals surface area contributed by atoms with Crippen molar-refractivity contribution in [1.29, 1.82) is 0 Å². The summed E-state index contributed by atoms with van der Waals surface area (Å²) in [5.41, 5.74) is 0. The average Bonchev–Trinajstić information content (AvgIpc) is 2.39. The summed E-state index contributed by atoms with van der Waals surface area (Å²) < 4.78 is 0. The maximum absolute atomic E-state index is 11.4. The number of carboxylic acids is 2. The Labute approximate surface area is 124 Å². The number of amides is 2. The van der Waals surface area contributed by atoms with E-state index in [-0.39, 0.29) is 13.1 Å². The Kier molecular flexibility index (Phi) is 8.66. The molecule has 0 aliphatic carbocycles. The molecule has 0 rings (SSSR count). The van der Waals surface area contributed by atoms with Crippen molar-refractivity contribution in [3.05, 3.63) is 0 Å². The van der Waals surface area contributed by atoms with E-state index >= 15 is 0 Å². The van der Waals surface area contributed by atoms with Gasteiger partial charge in [-0.3, -0.25) is 19.2 Å². The first-order chi connectivity index (χ1) is 9.31. The topological polar surface area (TPSA) is 115 Å². The highest BCUT2D eigenvalue weighted by molar-refractivity contribution is 6.27. The first kappa shape index (κ1) is 18.5. The number of carbonyl (C=O) groups is 4. The van der Waals surface area contributed by atoms with E-state index in [4.69, 9.17) is 33.4 Å². The van der Waals surface area contributed by atoms with Gasteiger partial charge in [0.15, 0.2) is 0 Å². The summed E-state index contributed by atoms with van der Waals surface area (Å²) in [5.74, 6) is -4.54. The smallest absolute Gasteiger partial charge is 0.323 e. The van der Waals surface area contributed by atoms with E-state index in [1.165, 1.54) is 0 Å². The van der Waals surface area contributed by atoms with Crippen LogP contribution >= 0.6 is 23.2 Å². The van der Waals surface area contributed by atoms with Crippen LogP contribution in [0.2, 0.25) is 0 Å². The summed E-state index contributed by atoms with van der Waals surface area (Å²) in [6.07, 6.45) is 0. The van der Waals surface area contributed by atoms with Crippen molar-refractivity contribution < 1.29 is 29.4 Å². The van der Waals surface area contributed by atoms with Crippen molar-refractivity contribution in [1.82, 2.24) is 9.80 Å². The van der Waals surface area contributed by atoms with Gasteiger partial charge in [0, 0.05) is 13.1 Å². The zero-order valence-electron chi connectivity index (χ0n) is 10.4. The molecule has 0 saturated heterocycles. The van der Waals surface area contributed by atoms with Gasteiger partial charge in [0.2, 0.25) is 11.8 Å². The Morgan fingerprint density at radius 3 is 1.25 bits per heavy atom. The van der Waals surface area contributed by atoms with E-state index in [9.17, 15) is 19.2 Å². The summed E-state index contributed by atoms with van der Waals surface area (Å²) in [5, 5.41) is 17.3. The first-order valence-corrected chi connectivity index (χ1v) is 6.49. The SMILES string of the molecule is O=C(O)CN(CCN(CC(=O)O)C(=O)CCl)C(=O)CCl. The number of carbonyl (C=O) groups excluding carboxylic acids is 2. The lowest BCUT2D eigenvalue weighted by Crippen LogP contribution is -2.45. The summed E-state index contributed by atoms with van der Waals surface area (Å²) in [4.78, 5) is 45.9. The van der Waals surface area contributed by atoms with Gasteiger partial charge in [0.1, 0.15) is 24.8 Å². The highest BCUT2D eigenvalue weighted by Crippen LogP contribution is 1.98. The molecule has 0 aliphatic heterocycles. The quantitative estimate of drug-likeness (QED) is 0.540. The van der Waals surface area contributed by atoms with Gasteiger partial charge in [-0.05, 0) is 0 Å². The lowest BCUT2D eigenvalue weighted by atomic mass is 10.4. The molecule has 0 spiro atoms. The molecule has 10 heteroatoms. The van der Waals surface area contributed by atoms with E-state index in [0.717, 1.165) is 9.80 Å². The van der Waals surface area contributed by atoms with Crippen LogP contribution in [0.4, 0.5) is 0 Å². The lowest BCUT2D eigenvalue weighted by molar-refractivity contribution is -0.145. The number of aliphatic carboxylic acids is 2. The number of carboxylic acid groups (broad SMARTS) is 2. The van der Waals surface area contributed by atoms with E-state index in [1.54, 1.807) is 0 Å². The minimum Gasteiger partial charge on any atom is -0.480 e. The van der Waals surface area contributed by atoms with Crippen LogP contribution in [-0.4, -0.2) is 81.7 Å². The highest BCUT2D eigenvalue weighted by Gasteiger charge is 2.20. The molecule has 0 saturated carbocycles. The Bertz CT molecular complexity index is 354. The molecule has 0 heterocycles. The standard InChI is InChI=1S/C10H14Cl2N2O6/c11-3-7(15)13(5-9(17)18)1-2-14(6-10(19)20)8(16)4-12/h1-6H2,(H,17,18)(H,19,20). The predicted molar refractivity (Wildman–Crippen MR) is 69.9 cm³/mol. The molecule has 0 radical (unpaired) electrons. The second kappa shape index (κ2) is 9.38. The molecule has 2 N–H and O–H groups in total. The van der Waals surface area contributed by atoms with Crippen molar-refractivity contribution in [3.8, 4) is 0 Å². The van der Waals surface area contributed by atoms with Crippen molar-refractivity contribution >= 4 is 47.0 Å². The van der Waals surface area contributed by atoms with E-state index < -0.39 is 48.6 Å². The van der Waals surface area contributed by atoms with Gasteiger partial charge in [-0.1, -0.05) is 0 Å². The van der Waals surface area contributed by atoms with Crippen molar-refractivity contribution in [2.75, 3.05) is 37.9 Å². The third-order valence-corrected chi connectivity index (χ3v) is 2.68. The Hall–Kier alpha value is -1.54. The zero-order chi connectivity index (χ0) is 15.7. The molecule has 0 aromatic heterocycles. The van der Waals surface area contributed by atoms with Gasteiger partial charge in [-0.2, -0.15) is 0 Å². The predicted octanol–water partition coefficient (Wildman–Crippen LogP) is -0.710. The van der Waals surface area contributed by atoms with Crippen molar-refractivity contribution in [3.63, 3.8) is 0 Å². The Balaban J connectivity index is 4.67.